The molecule has 0 aromatic heterocycles. The van der Waals surface area contributed by atoms with Gasteiger partial charge in [-0.1, -0.05) is 60.7 Å². The van der Waals surface area contributed by atoms with Crippen LogP contribution in [0.25, 0.3) is 5.57 Å². The van der Waals surface area contributed by atoms with Crippen LogP contribution in [0, 0.1) is 18.8 Å². The zero-order valence-corrected chi connectivity index (χ0v) is 17.5. The highest BCUT2D eigenvalue weighted by Gasteiger charge is 2.56. The van der Waals surface area contributed by atoms with E-state index in [1.54, 1.807) is 22.5 Å². The molecule has 1 heterocycles. The molecule has 1 saturated heterocycles. The summed E-state index contributed by atoms with van der Waals surface area (Å²) < 4.78 is 28.7. The first-order valence-electron chi connectivity index (χ1n) is 9.79. The summed E-state index contributed by atoms with van der Waals surface area (Å²) in [7, 11) is -3.72. The zero-order chi connectivity index (χ0) is 20.8. The quantitative estimate of drug-likeness (QED) is 0.762. The number of carbonyl (C=O) groups excluding carboxylic acids is 1. The first kappa shape index (κ1) is 19.8. The van der Waals surface area contributed by atoms with E-state index in [1.807, 2.05) is 56.3 Å². The molecule has 0 unspecified atom stereocenters. The molecule has 1 fully saturated rings. The Morgan fingerprint density at radius 3 is 2.41 bits per heavy atom. The maximum atomic E-state index is 13.6. The third-order valence-corrected chi connectivity index (χ3v) is 8.36. The maximum absolute atomic E-state index is 13.6. The molecule has 2 aromatic carbocycles. The largest absolute Gasteiger partial charge is 0.295 e. The van der Waals surface area contributed by atoms with Crippen LogP contribution >= 0.6 is 0 Å². The number of nitrogens with zero attached hydrogens (tertiary/aromatic N) is 1. The lowest BCUT2D eigenvalue weighted by molar-refractivity contribution is -0.116. The highest BCUT2D eigenvalue weighted by atomic mass is 32.2. The first-order valence-corrected chi connectivity index (χ1v) is 11.2. The number of benzene rings is 2. The van der Waals surface area contributed by atoms with Crippen molar-refractivity contribution in [1.82, 2.24) is 4.31 Å². The van der Waals surface area contributed by atoms with Gasteiger partial charge in [0.1, 0.15) is 0 Å². The van der Waals surface area contributed by atoms with Crippen LogP contribution in [0.4, 0.5) is 0 Å². The second kappa shape index (κ2) is 7.08. The number of ketones is 1. The number of aryl methyl sites for hydroxylation is 1. The van der Waals surface area contributed by atoms with Crippen molar-refractivity contribution in [3.8, 4) is 0 Å². The van der Waals surface area contributed by atoms with Crippen molar-refractivity contribution in [2.45, 2.75) is 30.7 Å². The van der Waals surface area contributed by atoms with Gasteiger partial charge in [0.05, 0.1) is 10.4 Å². The number of sulfonamides is 1. The van der Waals surface area contributed by atoms with Gasteiger partial charge in [-0.2, -0.15) is 4.31 Å². The van der Waals surface area contributed by atoms with Crippen molar-refractivity contribution in [3.05, 3.63) is 84.5 Å². The van der Waals surface area contributed by atoms with Crippen LogP contribution in [0.2, 0.25) is 0 Å². The Balaban J connectivity index is 1.79. The van der Waals surface area contributed by atoms with Crippen molar-refractivity contribution in [2.24, 2.45) is 11.8 Å². The average Bonchev–Trinajstić information content (AvgIpc) is 3.02. The van der Waals surface area contributed by atoms with Crippen molar-refractivity contribution in [1.29, 1.82) is 0 Å². The van der Waals surface area contributed by atoms with E-state index >= 15 is 0 Å². The lowest BCUT2D eigenvalue weighted by Gasteiger charge is -2.38. The van der Waals surface area contributed by atoms with Crippen LogP contribution in [-0.2, 0) is 14.8 Å². The molecule has 2 aromatic rings. The van der Waals surface area contributed by atoms with Gasteiger partial charge in [-0.15, -0.1) is 0 Å². The van der Waals surface area contributed by atoms with Gasteiger partial charge in [0.15, 0.2) is 5.78 Å². The normalized spacial score (nSPS) is 27.0. The maximum Gasteiger partial charge on any atom is 0.243 e. The summed E-state index contributed by atoms with van der Waals surface area (Å²) in [6.07, 6.45) is 3.62. The number of fused-ring (bicyclic) bond motifs is 1. The summed E-state index contributed by atoms with van der Waals surface area (Å²) in [4.78, 5) is 12.5. The van der Waals surface area contributed by atoms with E-state index in [0.29, 0.717) is 13.0 Å². The van der Waals surface area contributed by atoms with Gasteiger partial charge in [-0.05, 0) is 49.1 Å². The molecule has 1 aliphatic heterocycles. The molecule has 5 heteroatoms. The van der Waals surface area contributed by atoms with Crippen molar-refractivity contribution >= 4 is 21.4 Å². The molecule has 4 nitrogen and oxygen atoms in total. The topological polar surface area (TPSA) is 54.5 Å². The van der Waals surface area contributed by atoms with E-state index in [1.165, 1.54) is 6.08 Å². The molecule has 0 amide bonds. The third-order valence-electron chi connectivity index (χ3n) is 6.37. The SMILES string of the molecule is C=C(c1ccccc1)[C@@H]1CN(S(=O)(=O)c2ccc(C)cc2)[C@]2(C)C=CC(=O)C[C@H]12. The van der Waals surface area contributed by atoms with Gasteiger partial charge in [-0.3, -0.25) is 4.79 Å². The van der Waals surface area contributed by atoms with Crippen LogP contribution in [0.3, 0.4) is 0 Å². The minimum absolute atomic E-state index is 0.0351. The van der Waals surface area contributed by atoms with Crippen LogP contribution in [-0.4, -0.2) is 30.6 Å². The summed E-state index contributed by atoms with van der Waals surface area (Å²) in [5, 5.41) is 0. The molecule has 3 atom stereocenters. The fraction of sp³-hybridized carbons (Fsp3) is 0.292. The minimum atomic E-state index is -3.72. The van der Waals surface area contributed by atoms with Gasteiger partial charge in [-0.25, -0.2) is 8.42 Å². The summed E-state index contributed by atoms with van der Waals surface area (Å²) in [5.74, 6) is -0.239. The second-order valence-electron chi connectivity index (χ2n) is 8.18. The molecule has 2 aliphatic rings. The second-order valence-corrected chi connectivity index (χ2v) is 10.0. The van der Waals surface area contributed by atoms with Gasteiger partial charge in [0.25, 0.3) is 0 Å². The van der Waals surface area contributed by atoms with E-state index < -0.39 is 15.6 Å². The standard InChI is InChI=1S/C24H25NO3S/c1-17-9-11-21(12-10-17)29(27,28)25-16-22(18(2)19-7-5-4-6-8-19)23-15-20(26)13-14-24(23,25)3/h4-14,22-23H,2,15-16H2,1,3H3/t22-,23+,24+/m0/s1. The Hall–Kier alpha value is -2.50. The minimum Gasteiger partial charge on any atom is -0.295 e. The fourth-order valence-electron chi connectivity index (χ4n) is 4.61. The fourth-order valence-corrected chi connectivity index (χ4v) is 6.42. The summed E-state index contributed by atoms with van der Waals surface area (Å²) in [6.45, 7) is 8.46. The van der Waals surface area contributed by atoms with Crippen molar-refractivity contribution < 1.29 is 13.2 Å². The van der Waals surface area contributed by atoms with E-state index in [4.69, 9.17) is 0 Å². The van der Waals surface area contributed by atoms with Gasteiger partial charge in [0, 0.05) is 18.9 Å². The number of allylic oxidation sites excluding steroid dienone is 1. The smallest absolute Gasteiger partial charge is 0.243 e. The third kappa shape index (κ3) is 3.28. The van der Waals surface area contributed by atoms with Crippen molar-refractivity contribution in [2.75, 3.05) is 6.54 Å². The monoisotopic (exact) mass is 407 g/mol. The van der Waals surface area contributed by atoms with Gasteiger partial charge < -0.3 is 0 Å². The van der Waals surface area contributed by atoms with Crippen LogP contribution in [0.5, 0.6) is 0 Å². The number of hydrogen-bond acceptors (Lipinski definition) is 3. The highest BCUT2D eigenvalue weighted by molar-refractivity contribution is 7.89. The Labute approximate surface area is 172 Å². The lowest BCUT2D eigenvalue weighted by atomic mass is 9.72. The molecule has 0 saturated carbocycles. The predicted molar refractivity (Wildman–Crippen MR) is 115 cm³/mol. The molecular formula is C24H25NO3S. The first-order chi connectivity index (χ1) is 13.7. The number of carbonyl (C=O) groups is 1. The highest BCUT2D eigenvalue weighted by Crippen LogP contribution is 2.50. The predicted octanol–water partition coefficient (Wildman–Crippen LogP) is 4.23. The Bertz CT molecular complexity index is 1090. The van der Waals surface area contributed by atoms with Crippen LogP contribution in [0.15, 0.2) is 78.2 Å². The summed E-state index contributed by atoms with van der Waals surface area (Å²) in [6, 6.07) is 16.7. The van der Waals surface area contributed by atoms with E-state index in [-0.39, 0.29) is 22.5 Å². The van der Waals surface area contributed by atoms with E-state index in [2.05, 4.69) is 6.58 Å². The van der Waals surface area contributed by atoms with E-state index in [0.717, 1.165) is 16.7 Å². The molecular weight excluding hydrogens is 382 g/mol. The van der Waals surface area contributed by atoms with Gasteiger partial charge >= 0.3 is 0 Å². The number of hydrogen-bond donors (Lipinski definition) is 0. The van der Waals surface area contributed by atoms with Crippen molar-refractivity contribution in [3.63, 3.8) is 0 Å². The summed E-state index contributed by atoms with van der Waals surface area (Å²) >= 11 is 0. The molecule has 0 radical (unpaired) electrons. The summed E-state index contributed by atoms with van der Waals surface area (Å²) in [5.41, 5.74) is 2.11. The molecule has 1 aliphatic carbocycles. The number of rotatable bonds is 4. The Kier molecular flexibility index (Phi) is 4.83. The molecule has 29 heavy (non-hydrogen) atoms. The van der Waals surface area contributed by atoms with Crippen LogP contribution < -0.4 is 0 Å². The molecule has 0 spiro atoms. The Morgan fingerprint density at radius 1 is 1.10 bits per heavy atom. The molecule has 150 valence electrons. The molecule has 4 rings (SSSR count). The molecule has 0 N–H and O–H groups in total. The molecule has 0 bridgehead atoms. The lowest BCUT2D eigenvalue weighted by Crippen LogP contribution is -2.48. The average molecular weight is 408 g/mol. The van der Waals surface area contributed by atoms with E-state index in [9.17, 15) is 13.2 Å². The van der Waals surface area contributed by atoms with Gasteiger partial charge in [0.2, 0.25) is 10.0 Å². The van der Waals surface area contributed by atoms with Crippen LogP contribution in [0.1, 0.15) is 24.5 Å². The Morgan fingerprint density at radius 2 is 1.76 bits per heavy atom. The zero-order valence-electron chi connectivity index (χ0n) is 16.7.